The van der Waals surface area contributed by atoms with Gasteiger partial charge in [-0.2, -0.15) is 0 Å². The zero-order valence-electron chi connectivity index (χ0n) is 11.1. The lowest BCUT2D eigenvalue weighted by Gasteiger charge is -2.29. The summed E-state index contributed by atoms with van der Waals surface area (Å²) in [6.45, 7) is 6.74. The number of carbonyl (C=O) groups is 1. The van der Waals surface area contributed by atoms with Crippen molar-refractivity contribution in [1.82, 2.24) is 0 Å². The van der Waals surface area contributed by atoms with Gasteiger partial charge in [0, 0.05) is 0 Å². The molecule has 0 bridgehead atoms. The molecule has 1 amide bonds. The number of rotatable bonds is 4. The Morgan fingerprint density at radius 1 is 1.39 bits per heavy atom. The zero-order chi connectivity index (χ0) is 13.1. The number of amides is 1. The normalized spacial score (nSPS) is 18.0. The predicted molar refractivity (Wildman–Crippen MR) is 73.1 cm³/mol. The number of hydrogen-bond acceptors (Lipinski definition) is 3. The van der Waals surface area contributed by atoms with Crippen LogP contribution in [0.5, 0.6) is 5.75 Å². The molecule has 2 rings (SSSR count). The van der Waals surface area contributed by atoms with E-state index in [2.05, 4.69) is 24.5 Å². The van der Waals surface area contributed by atoms with Crippen LogP contribution in [0.1, 0.15) is 27.2 Å². The molecule has 4 nitrogen and oxygen atoms in total. The fraction of sp³-hybridized carbons (Fsp3) is 0.500. The van der Waals surface area contributed by atoms with Gasteiger partial charge < -0.3 is 15.4 Å². The van der Waals surface area contributed by atoms with E-state index in [-0.39, 0.29) is 11.9 Å². The molecule has 0 radical (unpaired) electrons. The molecule has 1 unspecified atom stereocenters. The first-order valence-corrected chi connectivity index (χ1v) is 6.45. The van der Waals surface area contributed by atoms with Crippen LogP contribution in [0.15, 0.2) is 18.2 Å². The van der Waals surface area contributed by atoms with Crippen LogP contribution in [-0.2, 0) is 4.79 Å². The maximum absolute atomic E-state index is 12.0. The van der Waals surface area contributed by atoms with E-state index in [1.165, 1.54) is 0 Å². The standard InChI is InChI=1S/C14H20N2O2/c1-4-18-12-7-5-6-10-13(12)16-14(17)11(15-10)8-9(2)3/h5-7,9,11,15H,4,8H2,1-3H3,(H,16,17). The average Bonchev–Trinajstić information content (AvgIpc) is 2.31. The summed E-state index contributed by atoms with van der Waals surface area (Å²) in [5.74, 6) is 1.21. The highest BCUT2D eigenvalue weighted by Gasteiger charge is 2.27. The molecule has 4 heteroatoms. The van der Waals surface area contributed by atoms with Gasteiger partial charge in [0.05, 0.1) is 12.3 Å². The number of para-hydroxylation sites is 1. The van der Waals surface area contributed by atoms with Crippen LogP contribution in [0.4, 0.5) is 11.4 Å². The lowest BCUT2D eigenvalue weighted by atomic mass is 10.0. The first-order valence-electron chi connectivity index (χ1n) is 6.45. The molecular weight excluding hydrogens is 228 g/mol. The van der Waals surface area contributed by atoms with Crippen molar-refractivity contribution in [3.8, 4) is 5.75 Å². The third kappa shape index (κ3) is 2.58. The second-order valence-corrected chi connectivity index (χ2v) is 4.93. The van der Waals surface area contributed by atoms with Gasteiger partial charge in [-0.3, -0.25) is 4.79 Å². The van der Waals surface area contributed by atoms with Crippen molar-refractivity contribution >= 4 is 17.3 Å². The van der Waals surface area contributed by atoms with Gasteiger partial charge in [0.25, 0.3) is 0 Å². The summed E-state index contributed by atoms with van der Waals surface area (Å²) in [6.07, 6.45) is 0.824. The van der Waals surface area contributed by atoms with Crippen LogP contribution in [-0.4, -0.2) is 18.6 Å². The second-order valence-electron chi connectivity index (χ2n) is 4.93. The van der Waals surface area contributed by atoms with Crippen molar-refractivity contribution in [2.75, 3.05) is 17.2 Å². The van der Waals surface area contributed by atoms with Crippen LogP contribution < -0.4 is 15.4 Å². The molecule has 1 aromatic rings. The molecule has 0 spiro atoms. The number of carbonyl (C=O) groups excluding carboxylic acids is 1. The van der Waals surface area contributed by atoms with Gasteiger partial charge in [-0.05, 0) is 31.4 Å². The fourth-order valence-electron chi connectivity index (χ4n) is 2.16. The Labute approximate surface area is 108 Å². The minimum atomic E-state index is -0.158. The SMILES string of the molecule is CCOc1cccc2c1NC(=O)C(CC(C)C)N2. The molecule has 1 aromatic carbocycles. The van der Waals surface area contributed by atoms with Gasteiger partial charge >= 0.3 is 0 Å². The van der Waals surface area contributed by atoms with Crippen LogP contribution >= 0.6 is 0 Å². The number of benzene rings is 1. The number of ether oxygens (including phenoxy) is 1. The topological polar surface area (TPSA) is 50.4 Å². The summed E-state index contributed by atoms with van der Waals surface area (Å²) in [4.78, 5) is 12.0. The van der Waals surface area contributed by atoms with Crippen molar-refractivity contribution in [2.24, 2.45) is 5.92 Å². The van der Waals surface area contributed by atoms with Crippen LogP contribution in [0.3, 0.4) is 0 Å². The third-order valence-corrected chi connectivity index (χ3v) is 2.93. The molecule has 1 heterocycles. The van der Waals surface area contributed by atoms with Crippen molar-refractivity contribution < 1.29 is 9.53 Å². The Hall–Kier alpha value is -1.71. The predicted octanol–water partition coefficient (Wildman–Crippen LogP) is 2.86. The van der Waals surface area contributed by atoms with Crippen molar-refractivity contribution in [2.45, 2.75) is 33.2 Å². The minimum absolute atomic E-state index is 0.0170. The van der Waals surface area contributed by atoms with Crippen LogP contribution in [0.25, 0.3) is 0 Å². The molecule has 0 saturated heterocycles. The van der Waals surface area contributed by atoms with Crippen molar-refractivity contribution in [1.29, 1.82) is 0 Å². The van der Waals surface area contributed by atoms with Crippen molar-refractivity contribution in [3.63, 3.8) is 0 Å². The minimum Gasteiger partial charge on any atom is -0.492 e. The van der Waals surface area contributed by atoms with E-state index >= 15 is 0 Å². The number of hydrogen-bond donors (Lipinski definition) is 2. The van der Waals surface area contributed by atoms with Crippen LogP contribution in [0.2, 0.25) is 0 Å². The number of anilines is 2. The largest absolute Gasteiger partial charge is 0.492 e. The second kappa shape index (κ2) is 5.29. The number of fused-ring (bicyclic) bond motifs is 1. The molecule has 0 aromatic heterocycles. The summed E-state index contributed by atoms with van der Waals surface area (Å²) in [5, 5.41) is 6.23. The van der Waals surface area contributed by atoms with E-state index in [0.29, 0.717) is 12.5 Å². The molecule has 1 atom stereocenters. The molecule has 0 saturated carbocycles. The first kappa shape index (κ1) is 12.7. The van der Waals surface area contributed by atoms with Crippen molar-refractivity contribution in [3.05, 3.63) is 18.2 Å². The highest BCUT2D eigenvalue weighted by atomic mass is 16.5. The number of nitrogens with one attached hydrogen (secondary N) is 2. The molecule has 1 aliphatic rings. The van der Waals surface area contributed by atoms with Gasteiger partial charge in [0.2, 0.25) is 5.91 Å². The Bertz CT molecular complexity index is 443. The molecule has 1 aliphatic heterocycles. The Balaban J connectivity index is 2.24. The average molecular weight is 248 g/mol. The van der Waals surface area contributed by atoms with E-state index in [4.69, 9.17) is 4.74 Å². The molecule has 0 aliphatic carbocycles. The monoisotopic (exact) mass is 248 g/mol. The highest BCUT2D eigenvalue weighted by Crippen LogP contribution is 2.36. The molecule has 98 valence electrons. The lowest BCUT2D eigenvalue weighted by Crippen LogP contribution is -2.39. The Morgan fingerprint density at radius 2 is 2.17 bits per heavy atom. The van der Waals surface area contributed by atoms with Gasteiger partial charge in [-0.25, -0.2) is 0 Å². The lowest BCUT2D eigenvalue weighted by molar-refractivity contribution is -0.117. The summed E-state index contributed by atoms with van der Waals surface area (Å²) in [7, 11) is 0. The summed E-state index contributed by atoms with van der Waals surface area (Å²) in [6, 6.07) is 5.60. The van der Waals surface area contributed by atoms with E-state index in [1.54, 1.807) is 0 Å². The van der Waals surface area contributed by atoms with E-state index in [0.717, 1.165) is 23.5 Å². The van der Waals surface area contributed by atoms with Gasteiger partial charge in [0.15, 0.2) is 0 Å². The molecule has 2 N–H and O–H groups in total. The summed E-state index contributed by atoms with van der Waals surface area (Å²) in [5.41, 5.74) is 1.69. The summed E-state index contributed by atoms with van der Waals surface area (Å²) >= 11 is 0. The maximum atomic E-state index is 12.0. The summed E-state index contributed by atoms with van der Waals surface area (Å²) < 4.78 is 5.51. The smallest absolute Gasteiger partial charge is 0.247 e. The molecule has 0 fully saturated rings. The third-order valence-electron chi connectivity index (χ3n) is 2.93. The maximum Gasteiger partial charge on any atom is 0.247 e. The molecule has 18 heavy (non-hydrogen) atoms. The zero-order valence-corrected chi connectivity index (χ0v) is 11.1. The Morgan fingerprint density at radius 3 is 2.83 bits per heavy atom. The molecular formula is C14H20N2O2. The van der Waals surface area contributed by atoms with Gasteiger partial charge in [0.1, 0.15) is 17.5 Å². The Kier molecular flexibility index (Phi) is 3.75. The van der Waals surface area contributed by atoms with Crippen LogP contribution in [0, 0.1) is 5.92 Å². The quantitative estimate of drug-likeness (QED) is 0.861. The fourth-order valence-corrected chi connectivity index (χ4v) is 2.16. The van der Waals surface area contributed by atoms with E-state index in [9.17, 15) is 4.79 Å². The van der Waals surface area contributed by atoms with Gasteiger partial charge in [-0.15, -0.1) is 0 Å². The van der Waals surface area contributed by atoms with E-state index < -0.39 is 0 Å². The highest BCUT2D eigenvalue weighted by molar-refractivity contribution is 6.04. The van der Waals surface area contributed by atoms with Gasteiger partial charge in [-0.1, -0.05) is 19.9 Å². The first-order chi connectivity index (χ1) is 8.61. The van der Waals surface area contributed by atoms with E-state index in [1.807, 2.05) is 25.1 Å².